The van der Waals surface area contributed by atoms with Crippen LogP contribution in [0, 0.1) is 5.92 Å². The standard InChI is InChI=1S/C16H21N3O2S/c1-12-4-2-9-19(10-8-12)15(20)7-6-14-17-16(18-21-14)13-5-3-11-22-13/h3,5,11-12H,2,4,6-10H2,1H3/t12-/m1/s1. The summed E-state index contributed by atoms with van der Waals surface area (Å²) in [6.45, 7) is 4.02. The van der Waals surface area contributed by atoms with Gasteiger partial charge in [0.1, 0.15) is 0 Å². The molecule has 1 saturated heterocycles. The maximum absolute atomic E-state index is 12.3. The van der Waals surface area contributed by atoms with Gasteiger partial charge in [-0.1, -0.05) is 18.1 Å². The smallest absolute Gasteiger partial charge is 0.227 e. The van der Waals surface area contributed by atoms with E-state index in [9.17, 15) is 4.79 Å². The summed E-state index contributed by atoms with van der Waals surface area (Å²) in [5.41, 5.74) is 0. The third-order valence-corrected chi connectivity index (χ3v) is 5.00. The Morgan fingerprint density at radius 3 is 3.18 bits per heavy atom. The van der Waals surface area contributed by atoms with Gasteiger partial charge in [-0.3, -0.25) is 4.79 Å². The van der Waals surface area contributed by atoms with E-state index in [0.29, 0.717) is 24.6 Å². The molecule has 0 bridgehead atoms. The third-order valence-electron chi connectivity index (χ3n) is 4.13. The number of nitrogens with zero attached hydrogens (tertiary/aromatic N) is 3. The van der Waals surface area contributed by atoms with Crippen molar-refractivity contribution in [1.29, 1.82) is 0 Å². The highest BCUT2D eigenvalue weighted by Gasteiger charge is 2.19. The zero-order chi connectivity index (χ0) is 15.4. The summed E-state index contributed by atoms with van der Waals surface area (Å²) < 4.78 is 5.24. The number of thiophene rings is 1. The highest BCUT2D eigenvalue weighted by molar-refractivity contribution is 7.13. The molecule has 1 aliphatic rings. The van der Waals surface area contributed by atoms with Crippen LogP contribution in [0.15, 0.2) is 22.0 Å². The average Bonchev–Trinajstić information content (AvgIpc) is 3.15. The summed E-state index contributed by atoms with van der Waals surface area (Å²) >= 11 is 1.58. The molecule has 1 amide bonds. The molecule has 2 aromatic heterocycles. The van der Waals surface area contributed by atoms with E-state index < -0.39 is 0 Å². The summed E-state index contributed by atoms with van der Waals surface area (Å²) in [6.07, 6.45) is 4.39. The van der Waals surface area contributed by atoms with Crippen LogP contribution in [0.3, 0.4) is 0 Å². The first-order chi connectivity index (χ1) is 10.7. The number of rotatable bonds is 4. The molecule has 0 aromatic carbocycles. The van der Waals surface area contributed by atoms with Crippen molar-refractivity contribution in [3.8, 4) is 10.7 Å². The van der Waals surface area contributed by atoms with Crippen LogP contribution in [-0.4, -0.2) is 34.0 Å². The van der Waals surface area contributed by atoms with Crippen LogP contribution in [0.1, 0.15) is 38.5 Å². The van der Waals surface area contributed by atoms with Crippen LogP contribution < -0.4 is 0 Å². The van der Waals surface area contributed by atoms with Crippen molar-refractivity contribution in [3.63, 3.8) is 0 Å². The van der Waals surface area contributed by atoms with Gasteiger partial charge in [0, 0.05) is 25.9 Å². The number of likely N-dealkylation sites (tertiary alicyclic amines) is 1. The predicted octanol–water partition coefficient (Wildman–Crippen LogP) is 3.38. The van der Waals surface area contributed by atoms with Gasteiger partial charge in [-0.25, -0.2) is 0 Å². The maximum Gasteiger partial charge on any atom is 0.227 e. The Bertz CT molecular complexity index is 609. The molecule has 22 heavy (non-hydrogen) atoms. The van der Waals surface area contributed by atoms with Crippen molar-refractivity contribution >= 4 is 17.2 Å². The maximum atomic E-state index is 12.3. The van der Waals surface area contributed by atoms with Crippen molar-refractivity contribution < 1.29 is 9.32 Å². The lowest BCUT2D eigenvalue weighted by Gasteiger charge is -2.20. The normalized spacial score (nSPS) is 19.1. The van der Waals surface area contributed by atoms with E-state index in [1.54, 1.807) is 11.3 Å². The van der Waals surface area contributed by atoms with Crippen molar-refractivity contribution in [2.75, 3.05) is 13.1 Å². The molecule has 0 N–H and O–H groups in total. The summed E-state index contributed by atoms with van der Waals surface area (Å²) in [7, 11) is 0. The summed E-state index contributed by atoms with van der Waals surface area (Å²) in [6, 6.07) is 3.92. The van der Waals surface area contributed by atoms with Crippen molar-refractivity contribution in [1.82, 2.24) is 15.0 Å². The molecule has 0 spiro atoms. The summed E-state index contributed by atoms with van der Waals surface area (Å²) in [5, 5.41) is 5.95. The van der Waals surface area contributed by atoms with Crippen molar-refractivity contribution in [3.05, 3.63) is 23.4 Å². The molecule has 2 aromatic rings. The van der Waals surface area contributed by atoms with Gasteiger partial charge < -0.3 is 9.42 Å². The monoisotopic (exact) mass is 319 g/mol. The van der Waals surface area contributed by atoms with Crippen LogP contribution in [0.5, 0.6) is 0 Å². The van der Waals surface area contributed by atoms with Crippen LogP contribution >= 0.6 is 11.3 Å². The lowest BCUT2D eigenvalue weighted by atomic mass is 10.0. The number of hydrogen-bond acceptors (Lipinski definition) is 5. The molecule has 1 fully saturated rings. The molecular weight excluding hydrogens is 298 g/mol. The predicted molar refractivity (Wildman–Crippen MR) is 85.5 cm³/mol. The number of carbonyl (C=O) groups is 1. The molecule has 118 valence electrons. The zero-order valence-corrected chi connectivity index (χ0v) is 13.6. The van der Waals surface area contributed by atoms with Crippen molar-refractivity contribution in [2.45, 2.75) is 39.0 Å². The number of hydrogen-bond donors (Lipinski definition) is 0. The van der Waals surface area contributed by atoms with Gasteiger partial charge in [-0.05, 0) is 36.6 Å². The van der Waals surface area contributed by atoms with Gasteiger partial charge in [0.05, 0.1) is 4.88 Å². The van der Waals surface area contributed by atoms with E-state index >= 15 is 0 Å². The second-order valence-corrected chi connectivity index (χ2v) is 6.85. The molecule has 0 unspecified atom stereocenters. The highest BCUT2D eigenvalue weighted by Crippen LogP contribution is 2.22. The van der Waals surface area contributed by atoms with Gasteiger partial charge in [0.15, 0.2) is 0 Å². The van der Waals surface area contributed by atoms with Crippen LogP contribution in [-0.2, 0) is 11.2 Å². The van der Waals surface area contributed by atoms with Crippen LogP contribution in [0.25, 0.3) is 10.7 Å². The minimum atomic E-state index is 0.199. The summed E-state index contributed by atoms with van der Waals surface area (Å²) in [5.74, 6) is 2.08. The van der Waals surface area contributed by atoms with E-state index in [1.165, 1.54) is 6.42 Å². The Labute approximate surface area is 134 Å². The topological polar surface area (TPSA) is 59.2 Å². The Balaban J connectivity index is 1.53. The molecule has 3 rings (SSSR count). The lowest BCUT2D eigenvalue weighted by molar-refractivity contribution is -0.131. The molecule has 5 nitrogen and oxygen atoms in total. The minimum Gasteiger partial charge on any atom is -0.343 e. The van der Waals surface area contributed by atoms with Gasteiger partial charge in [0.25, 0.3) is 0 Å². The number of aryl methyl sites for hydroxylation is 1. The third kappa shape index (κ3) is 3.74. The Morgan fingerprint density at radius 1 is 1.45 bits per heavy atom. The van der Waals surface area contributed by atoms with Crippen LogP contribution in [0.2, 0.25) is 0 Å². The average molecular weight is 319 g/mol. The largest absolute Gasteiger partial charge is 0.343 e. The van der Waals surface area contributed by atoms with Gasteiger partial charge in [-0.15, -0.1) is 11.3 Å². The number of carbonyl (C=O) groups excluding carboxylic acids is 1. The summed E-state index contributed by atoms with van der Waals surface area (Å²) in [4.78, 5) is 19.6. The van der Waals surface area contributed by atoms with Crippen LogP contribution in [0.4, 0.5) is 0 Å². The highest BCUT2D eigenvalue weighted by atomic mass is 32.1. The lowest BCUT2D eigenvalue weighted by Crippen LogP contribution is -2.32. The molecular formula is C16H21N3O2S. The molecule has 6 heteroatoms. The minimum absolute atomic E-state index is 0.199. The quantitative estimate of drug-likeness (QED) is 0.867. The first-order valence-electron chi connectivity index (χ1n) is 7.86. The molecule has 3 heterocycles. The molecule has 1 atom stereocenters. The van der Waals surface area contributed by atoms with E-state index in [1.807, 2.05) is 22.4 Å². The fourth-order valence-electron chi connectivity index (χ4n) is 2.75. The van der Waals surface area contributed by atoms with E-state index in [2.05, 4.69) is 17.1 Å². The van der Waals surface area contributed by atoms with Gasteiger partial charge >= 0.3 is 0 Å². The van der Waals surface area contributed by atoms with Gasteiger partial charge in [0.2, 0.25) is 17.6 Å². The first-order valence-corrected chi connectivity index (χ1v) is 8.74. The fraction of sp³-hybridized carbons (Fsp3) is 0.562. The molecule has 0 radical (unpaired) electrons. The number of aromatic nitrogens is 2. The SMILES string of the molecule is C[C@@H]1CCCN(C(=O)CCc2nc(-c3cccs3)no2)CC1. The van der Waals surface area contributed by atoms with E-state index in [-0.39, 0.29) is 5.91 Å². The first kappa shape index (κ1) is 15.2. The molecule has 0 aliphatic carbocycles. The second-order valence-electron chi connectivity index (χ2n) is 5.91. The fourth-order valence-corrected chi connectivity index (χ4v) is 3.40. The zero-order valence-electron chi connectivity index (χ0n) is 12.8. The Hall–Kier alpha value is -1.69. The van der Waals surface area contributed by atoms with E-state index in [0.717, 1.165) is 36.7 Å². The van der Waals surface area contributed by atoms with Gasteiger partial charge in [-0.2, -0.15) is 4.98 Å². The second kappa shape index (κ2) is 7.05. The molecule has 0 saturated carbocycles. The Kier molecular flexibility index (Phi) is 4.87. The molecule has 1 aliphatic heterocycles. The number of amides is 1. The Morgan fingerprint density at radius 2 is 2.36 bits per heavy atom. The van der Waals surface area contributed by atoms with E-state index in [4.69, 9.17) is 4.52 Å². The van der Waals surface area contributed by atoms with Crippen molar-refractivity contribution in [2.24, 2.45) is 5.92 Å².